The highest BCUT2D eigenvalue weighted by atomic mass is 16.5. The van der Waals surface area contributed by atoms with Crippen molar-refractivity contribution in [2.75, 3.05) is 51.8 Å². The zero-order valence-corrected chi connectivity index (χ0v) is 18.8. The van der Waals surface area contributed by atoms with Crippen LogP contribution >= 0.6 is 0 Å². The van der Waals surface area contributed by atoms with Gasteiger partial charge in [-0.1, -0.05) is 12.1 Å². The summed E-state index contributed by atoms with van der Waals surface area (Å²) in [5.74, 6) is 2.47. The van der Waals surface area contributed by atoms with Crippen LogP contribution in [0.4, 0.5) is 5.69 Å². The molecule has 30 heavy (non-hydrogen) atoms. The first-order valence-electron chi connectivity index (χ1n) is 11.5. The van der Waals surface area contributed by atoms with E-state index in [2.05, 4.69) is 53.1 Å². The maximum Gasteiger partial charge on any atom is 0.120 e. The molecule has 1 heterocycles. The van der Waals surface area contributed by atoms with Gasteiger partial charge in [-0.25, -0.2) is 0 Å². The molecular formula is C26H36N2O2. The van der Waals surface area contributed by atoms with Gasteiger partial charge in [-0.15, -0.1) is 0 Å². The number of nitrogens with zero attached hydrogens (tertiary/aromatic N) is 2. The summed E-state index contributed by atoms with van der Waals surface area (Å²) in [5.41, 5.74) is 5.74. The van der Waals surface area contributed by atoms with Gasteiger partial charge in [0.2, 0.25) is 0 Å². The Morgan fingerprint density at radius 2 is 1.70 bits per heavy atom. The van der Waals surface area contributed by atoms with E-state index in [0.717, 1.165) is 44.0 Å². The molecule has 2 aromatic carbocycles. The Bertz CT molecular complexity index is 845. The van der Waals surface area contributed by atoms with Gasteiger partial charge < -0.3 is 19.3 Å². The number of fused-ring (bicyclic) bond motifs is 1. The number of hydrogen-bond donors (Lipinski definition) is 0. The highest BCUT2D eigenvalue weighted by Crippen LogP contribution is 2.39. The second-order valence-electron chi connectivity index (χ2n) is 8.63. The Morgan fingerprint density at radius 1 is 0.967 bits per heavy atom. The van der Waals surface area contributed by atoms with E-state index in [9.17, 15) is 0 Å². The number of rotatable bonds is 8. The third kappa shape index (κ3) is 4.59. The molecule has 4 heteroatoms. The lowest BCUT2D eigenvalue weighted by atomic mass is 9.79. The number of benzene rings is 2. The molecule has 1 saturated heterocycles. The molecule has 0 saturated carbocycles. The van der Waals surface area contributed by atoms with Crippen LogP contribution in [0.5, 0.6) is 11.5 Å². The molecule has 0 radical (unpaired) electrons. The van der Waals surface area contributed by atoms with Crippen LogP contribution in [0.3, 0.4) is 0 Å². The Hall–Kier alpha value is -2.20. The lowest BCUT2D eigenvalue weighted by molar-refractivity contribution is 0.345. The van der Waals surface area contributed by atoms with E-state index in [0.29, 0.717) is 5.92 Å². The number of anilines is 1. The van der Waals surface area contributed by atoms with Crippen molar-refractivity contribution in [3.63, 3.8) is 0 Å². The van der Waals surface area contributed by atoms with Crippen LogP contribution in [-0.4, -0.2) is 51.8 Å². The molecular weight excluding hydrogens is 372 g/mol. The van der Waals surface area contributed by atoms with E-state index in [1.54, 1.807) is 14.2 Å². The van der Waals surface area contributed by atoms with E-state index >= 15 is 0 Å². The predicted molar refractivity (Wildman–Crippen MR) is 124 cm³/mol. The average molecular weight is 409 g/mol. The van der Waals surface area contributed by atoms with Crippen LogP contribution < -0.4 is 14.4 Å². The number of aryl methyl sites for hydroxylation is 1. The van der Waals surface area contributed by atoms with Crippen molar-refractivity contribution in [1.29, 1.82) is 0 Å². The van der Waals surface area contributed by atoms with Crippen LogP contribution in [0.2, 0.25) is 0 Å². The fourth-order valence-electron chi connectivity index (χ4n) is 5.11. The Balaban J connectivity index is 1.57. The van der Waals surface area contributed by atoms with E-state index in [4.69, 9.17) is 9.47 Å². The number of methoxy groups -OCH3 is 2. The highest BCUT2D eigenvalue weighted by molar-refractivity contribution is 5.59. The van der Waals surface area contributed by atoms with Crippen molar-refractivity contribution < 1.29 is 9.47 Å². The molecule has 4 rings (SSSR count). The fourth-order valence-corrected chi connectivity index (χ4v) is 5.11. The minimum atomic E-state index is 0.549. The lowest BCUT2D eigenvalue weighted by Gasteiger charge is -2.32. The zero-order valence-electron chi connectivity index (χ0n) is 18.8. The SMILES string of the molecule is CCN(CCN1CCCC1)c1cc(OC)ccc1C1CCc2cc(OC)ccc2C1. The molecule has 2 aliphatic rings. The van der Waals surface area contributed by atoms with Gasteiger partial charge in [0.1, 0.15) is 11.5 Å². The van der Waals surface area contributed by atoms with Crippen LogP contribution in [0.15, 0.2) is 36.4 Å². The van der Waals surface area contributed by atoms with Gasteiger partial charge in [-0.2, -0.15) is 0 Å². The topological polar surface area (TPSA) is 24.9 Å². The van der Waals surface area contributed by atoms with Crippen molar-refractivity contribution >= 4 is 5.69 Å². The molecule has 0 N–H and O–H groups in total. The van der Waals surface area contributed by atoms with Gasteiger partial charge in [0.25, 0.3) is 0 Å². The number of likely N-dealkylation sites (tertiary alicyclic amines) is 1. The third-order valence-corrected chi connectivity index (χ3v) is 6.93. The van der Waals surface area contributed by atoms with Crippen molar-refractivity contribution in [2.24, 2.45) is 0 Å². The molecule has 0 aromatic heterocycles. The summed E-state index contributed by atoms with van der Waals surface area (Å²) in [5, 5.41) is 0. The Kier molecular flexibility index (Phi) is 6.83. The summed E-state index contributed by atoms with van der Waals surface area (Å²) >= 11 is 0. The van der Waals surface area contributed by atoms with Gasteiger partial charge in [0.15, 0.2) is 0 Å². The van der Waals surface area contributed by atoms with Crippen LogP contribution in [0.25, 0.3) is 0 Å². The maximum atomic E-state index is 5.60. The standard InChI is InChI=1S/C26H36N2O2/c1-4-28(16-15-27-13-5-6-14-27)26-19-24(30-3)11-12-25(26)22-8-7-21-18-23(29-2)10-9-20(21)17-22/h9-12,18-19,22H,4-8,13-17H2,1-3H3. The molecule has 1 fully saturated rings. The molecule has 1 aliphatic carbocycles. The molecule has 4 nitrogen and oxygen atoms in total. The minimum Gasteiger partial charge on any atom is -0.497 e. The van der Waals surface area contributed by atoms with Crippen molar-refractivity contribution in [3.05, 3.63) is 53.1 Å². The molecule has 2 aromatic rings. The molecule has 0 amide bonds. The second kappa shape index (κ2) is 9.74. The van der Waals surface area contributed by atoms with Crippen LogP contribution in [0, 0.1) is 0 Å². The lowest BCUT2D eigenvalue weighted by Crippen LogP contribution is -2.34. The number of likely N-dealkylation sites (N-methyl/N-ethyl adjacent to an activating group) is 1. The molecule has 1 unspecified atom stereocenters. The van der Waals surface area contributed by atoms with Crippen molar-refractivity contribution in [2.45, 2.75) is 44.9 Å². The highest BCUT2D eigenvalue weighted by Gasteiger charge is 2.25. The monoisotopic (exact) mass is 408 g/mol. The second-order valence-corrected chi connectivity index (χ2v) is 8.63. The Labute approximate surface area is 181 Å². The first-order valence-corrected chi connectivity index (χ1v) is 11.5. The molecule has 1 atom stereocenters. The van der Waals surface area contributed by atoms with Gasteiger partial charge in [0, 0.05) is 31.4 Å². The van der Waals surface area contributed by atoms with E-state index in [1.807, 2.05) is 0 Å². The van der Waals surface area contributed by atoms with Crippen molar-refractivity contribution in [3.8, 4) is 11.5 Å². The van der Waals surface area contributed by atoms with Crippen molar-refractivity contribution in [1.82, 2.24) is 4.90 Å². The van der Waals surface area contributed by atoms with Crippen LogP contribution in [0.1, 0.15) is 48.8 Å². The van der Waals surface area contributed by atoms with E-state index < -0.39 is 0 Å². The quantitative estimate of drug-likeness (QED) is 0.620. The summed E-state index contributed by atoms with van der Waals surface area (Å²) in [6.07, 6.45) is 6.10. The molecule has 0 bridgehead atoms. The zero-order chi connectivity index (χ0) is 20.9. The number of ether oxygens (including phenoxy) is 2. The Morgan fingerprint density at radius 3 is 2.43 bits per heavy atom. The van der Waals surface area contributed by atoms with E-state index in [-0.39, 0.29) is 0 Å². The van der Waals surface area contributed by atoms with Gasteiger partial charge >= 0.3 is 0 Å². The molecule has 162 valence electrons. The normalized spacial score (nSPS) is 18.8. The smallest absolute Gasteiger partial charge is 0.120 e. The summed E-state index contributed by atoms with van der Waals surface area (Å²) in [4.78, 5) is 5.16. The van der Waals surface area contributed by atoms with E-state index in [1.165, 1.54) is 54.7 Å². The summed E-state index contributed by atoms with van der Waals surface area (Å²) < 4.78 is 11.0. The van der Waals surface area contributed by atoms with Gasteiger partial charge in [-0.05, 0) is 92.9 Å². The first kappa shape index (κ1) is 21.0. The predicted octanol–water partition coefficient (Wildman–Crippen LogP) is 4.90. The molecule has 1 aliphatic heterocycles. The van der Waals surface area contributed by atoms with Crippen LogP contribution in [-0.2, 0) is 12.8 Å². The summed E-state index contributed by atoms with van der Waals surface area (Å²) in [6.45, 7) is 8.04. The van der Waals surface area contributed by atoms with Gasteiger partial charge in [0.05, 0.1) is 14.2 Å². The first-order chi connectivity index (χ1) is 14.7. The molecule has 0 spiro atoms. The largest absolute Gasteiger partial charge is 0.497 e. The third-order valence-electron chi connectivity index (χ3n) is 6.93. The maximum absolute atomic E-state index is 5.60. The summed E-state index contributed by atoms with van der Waals surface area (Å²) in [7, 11) is 3.52. The van der Waals surface area contributed by atoms with Gasteiger partial charge in [-0.3, -0.25) is 0 Å². The average Bonchev–Trinajstić information content (AvgIpc) is 3.32. The number of hydrogen-bond acceptors (Lipinski definition) is 4. The summed E-state index contributed by atoms with van der Waals surface area (Å²) in [6, 6.07) is 13.3. The fraction of sp³-hybridized carbons (Fsp3) is 0.538. The minimum absolute atomic E-state index is 0.549.